The van der Waals surface area contributed by atoms with Gasteiger partial charge in [-0.2, -0.15) is 0 Å². The van der Waals surface area contributed by atoms with Crippen LogP contribution >= 0.6 is 15.9 Å². The van der Waals surface area contributed by atoms with Crippen molar-refractivity contribution in [3.63, 3.8) is 0 Å². The van der Waals surface area contributed by atoms with Gasteiger partial charge in [0.05, 0.1) is 4.90 Å². The van der Waals surface area contributed by atoms with Crippen molar-refractivity contribution >= 4 is 26.0 Å². The van der Waals surface area contributed by atoms with Gasteiger partial charge >= 0.3 is 0 Å². The maximum Gasteiger partial charge on any atom is 0.240 e. The number of halogens is 1. The molecule has 0 bridgehead atoms. The molecule has 1 aromatic carbocycles. The highest BCUT2D eigenvalue weighted by molar-refractivity contribution is 9.10. The normalized spacial score (nSPS) is 18.7. The monoisotopic (exact) mass is 317 g/mol. The lowest BCUT2D eigenvalue weighted by Crippen LogP contribution is -2.40. The van der Waals surface area contributed by atoms with Crippen molar-refractivity contribution in [2.75, 3.05) is 0 Å². The van der Waals surface area contributed by atoms with Crippen LogP contribution in [0.5, 0.6) is 0 Å². The Bertz CT molecular complexity index is 497. The summed E-state index contributed by atoms with van der Waals surface area (Å²) in [4.78, 5) is 0.318. The quantitative estimate of drug-likeness (QED) is 0.928. The molecule has 94 valence electrons. The smallest absolute Gasteiger partial charge is 0.208 e. The molecule has 5 heteroatoms. The van der Waals surface area contributed by atoms with E-state index in [1.165, 1.54) is 6.42 Å². The lowest BCUT2D eigenvalue weighted by molar-refractivity contribution is 0.260. The summed E-state index contributed by atoms with van der Waals surface area (Å²) in [6, 6.07) is 6.80. The van der Waals surface area contributed by atoms with Crippen molar-refractivity contribution in [3.05, 3.63) is 28.7 Å². The second-order valence-electron chi connectivity index (χ2n) is 4.56. The van der Waals surface area contributed by atoms with Crippen molar-refractivity contribution in [1.29, 1.82) is 0 Å². The molecule has 1 fully saturated rings. The Morgan fingerprint density at radius 3 is 2.65 bits per heavy atom. The van der Waals surface area contributed by atoms with Crippen molar-refractivity contribution in [1.82, 2.24) is 4.72 Å². The van der Waals surface area contributed by atoms with Gasteiger partial charge in [0.25, 0.3) is 0 Å². The molecule has 0 aliphatic heterocycles. The lowest BCUT2D eigenvalue weighted by Gasteiger charge is -2.31. The standard InChI is InChI=1S/C12H16BrNO2S/c1-9(10-4-2-5-10)14-17(15,16)12-7-3-6-11(13)8-12/h3,6-10,14H,2,4-5H2,1H3. The van der Waals surface area contributed by atoms with Gasteiger partial charge in [0.2, 0.25) is 10.0 Å². The Hall–Kier alpha value is -0.390. The largest absolute Gasteiger partial charge is 0.240 e. The van der Waals surface area contributed by atoms with Crippen LogP contribution in [0.25, 0.3) is 0 Å². The van der Waals surface area contributed by atoms with Gasteiger partial charge in [0, 0.05) is 10.5 Å². The topological polar surface area (TPSA) is 46.2 Å². The Kier molecular flexibility index (Phi) is 3.90. The number of benzene rings is 1. The molecule has 0 spiro atoms. The number of hydrogen-bond acceptors (Lipinski definition) is 2. The number of hydrogen-bond donors (Lipinski definition) is 1. The Balaban J connectivity index is 2.13. The molecule has 0 amide bonds. The summed E-state index contributed by atoms with van der Waals surface area (Å²) in [5.41, 5.74) is 0. The molecular formula is C12H16BrNO2S. The average Bonchev–Trinajstić information content (AvgIpc) is 2.13. The molecule has 1 aliphatic rings. The molecule has 1 atom stereocenters. The van der Waals surface area contributed by atoms with Crippen LogP contribution in [0.2, 0.25) is 0 Å². The van der Waals surface area contributed by atoms with E-state index >= 15 is 0 Å². The van der Waals surface area contributed by atoms with Crippen molar-refractivity contribution in [2.45, 2.75) is 37.1 Å². The molecular weight excluding hydrogens is 302 g/mol. The van der Waals surface area contributed by atoms with E-state index in [2.05, 4.69) is 20.7 Å². The van der Waals surface area contributed by atoms with E-state index in [0.717, 1.165) is 17.3 Å². The predicted molar refractivity (Wildman–Crippen MR) is 71.3 cm³/mol. The first-order valence-electron chi connectivity index (χ1n) is 5.77. The van der Waals surface area contributed by atoms with Crippen LogP contribution in [0.1, 0.15) is 26.2 Å². The predicted octanol–water partition coefficient (Wildman–Crippen LogP) is 2.92. The maximum absolute atomic E-state index is 12.1. The minimum absolute atomic E-state index is 0.0210. The molecule has 0 aromatic heterocycles. The van der Waals surface area contributed by atoms with Crippen LogP contribution in [0.4, 0.5) is 0 Å². The fourth-order valence-electron chi connectivity index (χ4n) is 1.98. The molecule has 1 unspecified atom stereocenters. The highest BCUT2D eigenvalue weighted by Gasteiger charge is 2.27. The molecule has 0 heterocycles. The third-order valence-electron chi connectivity index (χ3n) is 3.30. The first-order valence-corrected chi connectivity index (χ1v) is 8.04. The van der Waals surface area contributed by atoms with Gasteiger partial charge in [-0.05, 0) is 43.9 Å². The van der Waals surface area contributed by atoms with Gasteiger partial charge < -0.3 is 0 Å². The Morgan fingerprint density at radius 2 is 2.12 bits per heavy atom. The van der Waals surface area contributed by atoms with E-state index in [4.69, 9.17) is 0 Å². The second-order valence-corrected chi connectivity index (χ2v) is 7.19. The molecule has 1 aliphatic carbocycles. The number of nitrogens with one attached hydrogen (secondary N) is 1. The van der Waals surface area contributed by atoms with Crippen LogP contribution < -0.4 is 4.72 Å². The molecule has 1 N–H and O–H groups in total. The SMILES string of the molecule is CC(NS(=O)(=O)c1cccc(Br)c1)C1CCC1. The average molecular weight is 318 g/mol. The first kappa shape index (κ1) is 13.1. The molecule has 0 radical (unpaired) electrons. The van der Waals surface area contributed by atoms with E-state index in [1.807, 2.05) is 13.0 Å². The van der Waals surface area contributed by atoms with Gasteiger partial charge in [0.15, 0.2) is 0 Å². The minimum Gasteiger partial charge on any atom is -0.208 e. The highest BCUT2D eigenvalue weighted by atomic mass is 79.9. The molecule has 2 rings (SSSR count). The number of sulfonamides is 1. The fraction of sp³-hybridized carbons (Fsp3) is 0.500. The van der Waals surface area contributed by atoms with Gasteiger partial charge in [-0.3, -0.25) is 0 Å². The summed E-state index contributed by atoms with van der Waals surface area (Å²) in [7, 11) is -3.38. The van der Waals surface area contributed by atoms with E-state index < -0.39 is 10.0 Å². The van der Waals surface area contributed by atoms with Gasteiger partial charge in [-0.25, -0.2) is 13.1 Å². The third kappa shape index (κ3) is 3.09. The summed E-state index contributed by atoms with van der Waals surface area (Å²) in [6.07, 6.45) is 3.47. The lowest BCUT2D eigenvalue weighted by atomic mass is 9.81. The molecule has 3 nitrogen and oxygen atoms in total. The summed E-state index contributed by atoms with van der Waals surface area (Å²) in [5, 5.41) is 0. The Labute approximate surface area is 111 Å². The van der Waals surface area contributed by atoms with E-state index in [9.17, 15) is 8.42 Å². The highest BCUT2D eigenvalue weighted by Crippen LogP contribution is 2.30. The fourth-order valence-corrected chi connectivity index (χ4v) is 3.89. The summed E-state index contributed by atoms with van der Waals surface area (Å²) >= 11 is 3.28. The Morgan fingerprint density at radius 1 is 1.41 bits per heavy atom. The molecule has 17 heavy (non-hydrogen) atoms. The zero-order chi connectivity index (χ0) is 12.5. The van der Waals surface area contributed by atoms with Crippen molar-refractivity contribution < 1.29 is 8.42 Å². The van der Waals surface area contributed by atoms with Crippen molar-refractivity contribution in [3.8, 4) is 0 Å². The second kappa shape index (κ2) is 5.08. The van der Waals surface area contributed by atoms with Crippen LogP contribution in [0, 0.1) is 5.92 Å². The third-order valence-corrected chi connectivity index (χ3v) is 5.35. The van der Waals surface area contributed by atoms with Crippen LogP contribution in [-0.2, 0) is 10.0 Å². The van der Waals surface area contributed by atoms with Gasteiger partial charge in [-0.15, -0.1) is 0 Å². The van der Waals surface area contributed by atoms with Gasteiger partial charge in [-0.1, -0.05) is 28.4 Å². The van der Waals surface area contributed by atoms with E-state index in [1.54, 1.807) is 18.2 Å². The zero-order valence-corrected chi connectivity index (χ0v) is 12.1. The van der Waals surface area contributed by atoms with Crippen molar-refractivity contribution in [2.24, 2.45) is 5.92 Å². The summed E-state index contributed by atoms with van der Waals surface area (Å²) in [6.45, 7) is 1.94. The van der Waals surface area contributed by atoms with Crippen LogP contribution in [0.15, 0.2) is 33.6 Å². The van der Waals surface area contributed by atoms with Crippen LogP contribution in [0.3, 0.4) is 0 Å². The van der Waals surface area contributed by atoms with Crippen LogP contribution in [-0.4, -0.2) is 14.5 Å². The summed E-state index contributed by atoms with van der Waals surface area (Å²) in [5.74, 6) is 0.497. The minimum atomic E-state index is -3.38. The molecule has 1 aromatic rings. The van der Waals surface area contributed by atoms with E-state index in [-0.39, 0.29) is 6.04 Å². The zero-order valence-electron chi connectivity index (χ0n) is 9.69. The van der Waals surface area contributed by atoms with Gasteiger partial charge in [0.1, 0.15) is 0 Å². The first-order chi connectivity index (χ1) is 7.99. The molecule has 0 saturated heterocycles. The maximum atomic E-state index is 12.1. The van der Waals surface area contributed by atoms with E-state index in [0.29, 0.717) is 10.8 Å². The molecule has 1 saturated carbocycles. The number of rotatable bonds is 4. The summed E-state index contributed by atoms with van der Waals surface area (Å²) < 4.78 is 27.7.